The molecule has 2 N–H and O–H groups in total. The van der Waals surface area contributed by atoms with Crippen LogP contribution in [0.5, 0.6) is 0 Å². The quantitative estimate of drug-likeness (QED) is 0.514. The molecule has 3 fully saturated rings. The van der Waals surface area contributed by atoms with Gasteiger partial charge >= 0.3 is 0 Å². The molecule has 2 amide bonds. The Balaban J connectivity index is 1.23. The number of nitrogens with one attached hydrogen (secondary N) is 1. The normalized spacial score (nSPS) is 21.0. The first-order valence-electron chi connectivity index (χ1n) is 12.9. The van der Waals surface area contributed by atoms with Crippen LogP contribution in [-0.2, 0) is 19.5 Å². The summed E-state index contributed by atoms with van der Waals surface area (Å²) >= 11 is 2.07. The number of aromatic nitrogens is 2. The summed E-state index contributed by atoms with van der Waals surface area (Å²) in [5, 5.41) is 27.3. The van der Waals surface area contributed by atoms with Crippen molar-refractivity contribution in [3.8, 4) is 6.07 Å². The molecule has 3 saturated carbocycles. The maximum Gasteiger partial charge on any atom is 0.272 e. The van der Waals surface area contributed by atoms with Crippen LogP contribution in [0.1, 0.15) is 76.2 Å². The fraction of sp³-hybridized carbons (Fsp3) is 0.556. The van der Waals surface area contributed by atoms with Crippen LogP contribution in [-0.4, -0.2) is 61.3 Å². The number of amides is 2. The van der Waals surface area contributed by atoms with Crippen LogP contribution in [0.4, 0.5) is 0 Å². The van der Waals surface area contributed by atoms with E-state index in [1.54, 1.807) is 16.8 Å². The monoisotopic (exact) mass is 505 g/mol. The van der Waals surface area contributed by atoms with Crippen LogP contribution < -0.4 is 5.32 Å². The van der Waals surface area contributed by atoms with E-state index < -0.39 is 0 Å². The van der Waals surface area contributed by atoms with Gasteiger partial charge in [-0.25, -0.2) is 0 Å². The number of thioether (sulfide) groups is 1. The Morgan fingerprint density at radius 1 is 1.19 bits per heavy atom. The van der Waals surface area contributed by atoms with E-state index in [9.17, 15) is 14.7 Å². The smallest absolute Gasteiger partial charge is 0.272 e. The fourth-order valence-corrected chi connectivity index (χ4v) is 6.73. The zero-order valence-corrected chi connectivity index (χ0v) is 21.1. The average Bonchev–Trinajstić information content (AvgIpc) is 3.81. The van der Waals surface area contributed by atoms with Crippen molar-refractivity contribution in [3.63, 3.8) is 0 Å². The zero-order valence-electron chi connectivity index (χ0n) is 20.3. The van der Waals surface area contributed by atoms with Crippen molar-refractivity contribution in [3.05, 3.63) is 52.3 Å². The number of carbonyl (C=O) groups excluding carboxylic acids is 2. The highest BCUT2D eigenvalue weighted by atomic mass is 32.2. The Hall–Kier alpha value is -2.83. The van der Waals surface area contributed by atoms with Crippen molar-refractivity contribution in [1.29, 1.82) is 5.26 Å². The first kappa shape index (κ1) is 23.6. The zero-order chi connectivity index (χ0) is 24.9. The van der Waals surface area contributed by atoms with E-state index in [-0.39, 0.29) is 28.6 Å². The summed E-state index contributed by atoms with van der Waals surface area (Å²) in [5.41, 5.74) is 2.78. The molecule has 0 saturated heterocycles. The number of aliphatic hydroxyl groups excluding tert-OH is 1. The minimum Gasteiger partial charge on any atom is -0.396 e. The van der Waals surface area contributed by atoms with Gasteiger partial charge in [0, 0.05) is 47.2 Å². The highest BCUT2D eigenvalue weighted by molar-refractivity contribution is 8.01. The average molecular weight is 506 g/mol. The summed E-state index contributed by atoms with van der Waals surface area (Å²) < 4.78 is 1.92. The van der Waals surface area contributed by atoms with Crippen molar-refractivity contribution < 1.29 is 14.7 Å². The number of benzene rings is 1. The third-order valence-corrected chi connectivity index (χ3v) is 9.77. The van der Waals surface area contributed by atoms with E-state index in [4.69, 9.17) is 5.26 Å². The van der Waals surface area contributed by atoms with Gasteiger partial charge in [-0.05, 0) is 62.6 Å². The van der Waals surface area contributed by atoms with Crippen LogP contribution in [0.25, 0.3) is 0 Å². The van der Waals surface area contributed by atoms with Crippen molar-refractivity contribution in [2.45, 2.75) is 68.0 Å². The van der Waals surface area contributed by atoms with Gasteiger partial charge in [-0.3, -0.25) is 14.3 Å². The molecule has 2 aromatic rings. The number of carbonyl (C=O) groups is 2. The van der Waals surface area contributed by atoms with Crippen molar-refractivity contribution in [1.82, 2.24) is 20.0 Å². The largest absolute Gasteiger partial charge is 0.396 e. The van der Waals surface area contributed by atoms with Gasteiger partial charge in [0.2, 0.25) is 0 Å². The number of rotatable bonds is 10. The molecular formula is C27H31N5O3S. The fourth-order valence-electron chi connectivity index (χ4n) is 5.08. The van der Waals surface area contributed by atoms with E-state index in [0.29, 0.717) is 43.0 Å². The molecular weight excluding hydrogens is 474 g/mol. The predicted octanol–water partition coefficient (Wildman–Crippen LogP) is 2.88. The van der Waals surface area contributed by atoms with E-state index in [0.717, 1.165) is 35.8 Å². The number of nitriles is 1. The van der Waals surface area contributed by atoms with Gasteiger partial charge in [-0.1, -0.05) is 12.1 Å². The van der Waals surface area contributed by atoms with Crippen LogP contribution in [0, 0.1) is 16.7 Å². The van der Waals surface area contributed by atoms with E-state index >= 15 is 0 Å². The lowest BCUT2D eigenvalue weighted by atomic mass is 10.0. The lowest BCUT2D eigenvalue weighted by Crippen LogP contribution is -2.43. The number of nitrogens with zero attached hydrogens (tertiary/aromatic N) is 4. The van der Waals surface area contributed by atoms with Gasteiger partial charge in [-0.15, -0.1) is 11.8 Å². The lowest BCUT2D eigenvalue weighted by Gasteiger charge is -2.31. The Kier molecular flexibility index (Phi) is 5.84. The molecule has 1 aromatic carbocycles. The van der Waals surface area contributed by atoms with Gasteiger partial charge in [0.05, 0.1) is 18.2 Å². The van der Waals surface area contributed by atoms with Crippen molar-refractivity contribution in [2.24, 2.45) is 5.41 Å². The summed E-state index contributed by atoms with van der Waals surface area (Å²) in [7, 11) is 0. The van der Waals surface area contributed by atoms with Crippen molar-refractivity contribution >= 4 is 23.6 Å². The highest BCUT2D eigenvalue weighted by Gasteiger charge is 2.50. The topological polar surface area (TPSA) is 111 Å². The predicted molar refractivity (Wildman–Crippen MR) is 135 cm³/mol. The van der Waals surface area contributed by atoms with Crippen LogP contribution >= 0.6 is 11.8 Å². The molecule has 0 spiro atoms. The van der Waals surface area contributed by atoms with Gasteiger partial charge in [0.25, 0.3) is 11.8 Å². The standard InChI is InChI=1S/C27H31N5O3S/c28-13-18-1-3-19(4-2-18)14-29-24(34)22-21-7-12-31(16-27(10-11-27)36-20-5-6-20)25(35)23(21)32(30-22)15-26(17-33)8-9-26/h1-4,20,33H,5-12,14-17H2,(H,29,34). The third kappa shape index (κ3) is 4.64. The van der Waals surface area contributed by atoms with Gasteiger partial charge in [-0.2, -0.15) is 10.4 Å². The van der Waals surface area contributed by atoms with Crippen LogP contribution in [0.2, 0.25) is 0 Å². The number of hydrogen-bond acceptors (Lipinski definition) is 6. The molecule has 1 aliphatic heterocycles. The Morgan fingerprint density at radius 3 is 2.56 bits per heavy atom. The molecule has 6 rings (SSSR count). The van der Waals surface area contributed by atoms with Crippen molar-refractivity contribution in [2.75, 3.05) is 19.7 Å². The van der Waals surface area contributed by atoms with E-state index in [1.165, 1.54) is 25.7 Å². The molecule has 0 radical (unpaired) electrons. The Labute approximate surface area is 215 Å². The summed E-state index contributed by atoms with van der Waals surface area (Å²) in [6, 6.07) is 9.18. The molecule has 8 nitrogen and oxygen atoms in total. The second kappa shape index (κ2) is 8.93. The Morgan fingerprint density at radius 2 is 1.94 bits per heavy atom. The summed E-state index contributed by atoms with van der Waals surface area (Å²) in [4.78, 5) is 28.9. The van der Waals surface area contributed by atoms with Crippen LogP contribution in [0.15, 0.2) is 24.3 Å². The summed E-state index contributed by atoms with van der Waals surface area (Å²) in [6.07, 6.45) is 7.33. The minimum absolute atomic E-state index is 0.0358. The number of fused-ring (bicyclic) bond motifs is 1. The molecule has 188 valence electrons. The second-order valence-corrected chi connectivity index (χ2v) is 12.7. The van der Waals surface area contributed by atoms with E-state index in [1.807, 2.05) is 17.0 Å². The maximum atomic E-state index is 13.8. The second-order valence-electron chi connectivity index (χ2n) is 11.0. The number of hydrogen-bond donors (Lipinski definition) is 2. The SMILES string of the molecule is N#Cc1ccc(CNC(=O)c2nn(CC3(CO)CC3)c3c2CCN(CC2(SC4CC4)CC2)C3=O)cc1. The molecule has 0 unspecified atom stereocenters. The minimum atomic E-state index is -0.299. The van der Waals surface area contributed by atoms with Crippen LogP contribution in [0.3, 0.4) is 0 Å². The maximum absolute atomic E-state index is 13.8. The van der Waals surface area contributed by atoms with Gasteiger partial charge in [0.1, 0.15) is 5.69 Å². The Bertz CT molecular complexity index is 1240. The molecule has 9 heteroatoms. The number of aliphatic hydroxyl groups is 1. The highest BCUT2D eigenvalue weighted by Crippen LogP contribution is 2.56. The summed E-state index contributed by atoms with van der Waals surface area (Å²) in [5.74, 6) is -0.335. The molecule has 0 bridgehead atoms. The van der Waals surface area contributed by atoms with E-state index in [2.05, 4.69) is 28.2 Å². The molecule has 2 heterocycles. The van der Waals surface area contributed by atoms with Gasteiger partial charge < -0.3 is 15.3 Å². The van der Waals surface area contributed by atoms with Gasteiger partial charge in [0.15, 0.2) is 5.69 Å². The lowest BCUT2D eigenvalue weighted by molar-refractivity contribution is 0.0719. The molecule has 36 heavy (non-hydrogen) atoms. The first-order valence-corrected chi connectivity index (χ1v) is 13.8. The molecule has 4 aliphatic rings. The summed E-state index contributed by atoms with van der Waals surface area (Å²) in [6.45, 7) is 2.19. The third-order valence-electron chi connectivity index (χ3n) is 7.93. The molecule has 3 aliphatic carbocycles. The molecule has 1 aromatic heterocycles. The molecule has 0 atom stereocenters. The first-order chi connectivity index (χ1) is 17.4.